The number of nitrogens with zero attached hydrogens (tertiary/aromatic N) is 1. The Balaban J connectivity index is 1.63. The molecule has 0 fully saturated rings. The topological polar surface area (TPSA) is 41.9 Å². The molecule has 0 saturated carbocycles. The highest BCUT2D eigenvalue weighted by Gasteiger charge is 2.42. The Labute approximate surface area is 149 Å². The van der Waals surface area contributed by atoms with E-state index >= 15 is 0 Å². The van der Waals surface area contributed by atoms with Crippen molar-refractivity contribution in [1.82, 2.24) is 0 Å². The monoisotopic (exact) mass is 339 g/mol. The SMILES string of the molecule is CCCCCCN1CC(O)(c2ccc3c(c2)OCO3)c2ccccc21. The smallest absolute Gasteiger partial charge is 0.231 e. The van der Waals surface area contributed by atoms with Crippen molar-refractivity contribution < 1.29 is 14.6 Å². The van der Waals surface area contributed by atoms with Crippen molar-refractivity contribution >= 4 is 5.69 Å². The summed E-state index contributed by atoms with van der Waals surface area (Å²) in [6.07, 6.45) is 4.89. The fourth-order valence-electron chi connectivity index (χ4n) is 3.88. The lowest BCUT2D eigenvalue weighted by molar-refractivity contribution is 0.0976. The Morgan fingerprint density at radius 3 is 2.76 bits per heavy atom. The van der Waals surface area contributed by atoms with Crippen LogP contribution in [-0.2, 0) is 5.60 Å². The number of β-amino-alcohol motifs (C(OH)–C–C–N with tert-alkyl or cyclic N) is 1. The summed E-state index contributed by atoms with van der Waals surface area (Å²) in [4.78, 5) is 2.32. The van der Waals surface area contributed by atoms with Crippen molar-refractivity contribution in [3.8, 4) is 11.5 Å². The van der Waals surface area contributed by atoms with E-state index in [1.807, 2.05) is 36.4 Å². The van der Waals surface area contributed by atoms with Gasteiger partial charge in [0.1, 0.15) is 5.60 Å². The summed E-state index contributed by atoms with van der Waals surface area (Å²) in [7, 11) is 0. The molecule has 0 bridgehead atoms. The number of hydrogen-bond donors (Lipinski definition) is 1. The highest BCUT2D eigenvalue weighted by Crippen LogP contribution is 2.45. The van der Waals surface area contributed by atoms with E-state index in [2.05, 4.69) is 17.9 Å². The number of fused-ring (bicyclic) bond motifs is 2. The normalized spacial score (nSPS) is 20.8. The van der Waals surface area contributed by atoms with Gasteiger partial charge in [-0.3, -0.25) is 0 Å². The maximum absolute atomic E-state index is 11.6. The molecule has 1 atom stereocenters. The van der Waals surface area contributed by atoms with Gasteiger partial charge in [0.05, 0.1) is 6.54 Å². The van der Waals surface area contributed by atoms with E-state index in [0.29, 0.717) is 12.3 Å². The number of rotatable bonds is 6. The van der Waals surface area contributed by atoms with Gasteiger partial charge < -0.3 is 19.5 Å². The standard InChI is InChI=1S/C21H25NO3/c1-2-3-4-7-12-22-14-21(23,17-8-5-6-9-18(17)22)16-10-11-19-20(13-16)25-15-24-19/h5-6,8-11,13,23H,2-4,7,12,14-15H2,1H3. The molecule has 25 heavy (non-hydrogen) atoms. The Morgan fingerprint density at radius 1 is 1.04 bits per heavy atom. The summed E-state index contributed by atoms with van der Waals surface area (Å²) in [5.41, 5.74) is 1.96. The van der Waals surface area contributed by atoms with E-state index in [1.165, 1.54) is 19.3 Å². The van der Waals surface area contributed by atoms with Crippen molar-refractivity contribution in [3.63, 3.8) is 0 Å². The first kappa shape index (κ1) is 16.3. The van der Waals surface area contributed by atoms with Crippen LogP contribution in [0.3, 0.4) is 0 Å². The Bertz CT molecular complexity index is 761. The van der Waals surface area contributed by atoms with Gasteiger partial charge in [-0.25, -0.2) is 0 Å². The van der Waals surface area contributed by atoms with E-state index in [1.54, 1.807) is 0 Å². The average molecular weight is 339 g/mol. The molecular formula is C21H25NO3. The molecule has 2 aliphatic rings. The number of benzene rings is 2. The minimum absolute atomic E-state index is 0.247. The lowest BCUT2D eigenvalue weighted by Gasteiger charge is -2.26. The zero-order chi connectivity index (χ0) is 17.3. The van der Waals surface area contributed by atoms with Crippen LogP contribution in [0.1, 0.15) is 43.7 Å². The third kappa shape index (κ3) is 2.85. The lowest BCUT2D eigenvalue weighted by atomic mass is 9.88. The molecule has 2 aromatic rings. The number of unbranched alkanes of at least 4 members (excludes halogenated alkanes) is 3. The van der Waals surface area contributed by atoms with Gasteiger partial charge in [0.2, 0.25) is 6.79 Å². The summed E-state index contributed by atoms with van der Waals surface area (Å²) < 4.78 is 10.9. The summed E-state index contributed by atoms with van der Waals surface area (Å²) >= 11 is 0. The van der Waals surface area contributed by atoms with Gasteiger partial charge in [-0.15, -0.1) is 0 Å². The van der Waals surface area contributed by atoms with Gasteiger partial charge in [0.25, 0.3) is 0 Å². The minimum atomic E-state index is -1.01. The van der Waals surface area contributed by atoms with Crippen LogP contribution >= 0.6 is 0 Å². The third-order valence-corrected chi connectivity index (χ3v) is 5.24. The van der Waals surface area contributed by atoms with E-state index in [-0.39, 0.29) is 6.79 Å². The molecule has 1 unspecified atom stereocenters. The summed E-state index contributed by atoms with van der Waals surface area (Å²) in [5.74, 6) is 1.46. The molecule has 4 nitrogen and oxygen atoms in total. The predicted molar refractivity (Wildman–Crippen MR) is 98.4 cm³/mol. The number of anilines is 1. The Morgan fingerprint density at radius 2 is 1.88 bits per heavy atom. The van der Waals surface area contributed by atoms with E-state index in [9.17, 15) is 5.11 Å². The van der Waals surface area contributed by atoms with Crippen LogP contribution in [0.4, 0.5) is 5.69 Å². The van der Waals surface area contributed by atoms with Crippen LogP contribution in [-0.4, -0.2) is 25.0 Å². The van der Waals surface area contributed by atoms with Gasteiger partial charge >= 0.3 is 0 Å². The molecule has 0 radical (unpaired) electrons. The molecule has 2 aromatic carbocycles. The van der Waals surface area contributed by atoms with Gasteiger partial charge in [-0.05, 0) is 30.2 Å². The summed E-state index contributed by atoms with van der Waals surface area (Å²) in [6, 6.07) is 13.9. The Hall–Kier alpha value is -2.20. The highest BCUT2D eigenvalue weighted by molar-refractivity contribution is 5.65. The number of ether oxygens (including phenoxy) is 2. The number of hydrogen-bond acceptors (Lipinski definition) is 4. The molecule has 0 amide bonds. The highest BCUT2D eigenvalue weighted by atomic mass is 16.7. The van der Waals surface area contributed by atoms with E-state index in [4.69, 9.17) is 9.47 Å². The Kier molecular flexibility index (Phi) is 4.30. The second-order valence-corrected chi connectivity index (χ2v) is 6.93. The number of para-hydroxylation sites is 1. The van der Waals surface area contributed by atoms with Crippen molar-refractivity contribution in [2.24, 2.45) is 0 Å². The zero-order valence-corrected chi connectivity index (χ0v) is 14.7. The fraction of sp³-hybridized carbons (Fsp3) is 0.429. The summed E-state index contributed by atoms with van der Waals surface area (Å²) in [5, 5.41) is 11.6. The molecule has 2 aliphatic heterocycles. The second kappa shape index (κ2) is 6.60. The molecule has 2 heterocycles. The first-order valence-corrected chi connectivity index (χ1v) is 9.19. The quantitative estimate of drug-likeness (QED) is 0.806. The third-order valence-electron chi connectivity index (χ3n) is 5.24. The molecule has 0 saturated heterocycles. The maximum atomic E-state index is 11.6. The van der Waals surface area contributed by atoms with Crippen molar-refractivity contribution in [2.75, 3.05) is 24.8 Å². The predicted octanol–water partition coefficient (Wildman–Crippen LogP) is 4.05. The first-order valence-electron chi connectivity index (χ1n) is 9.19. The fourth-order valence-corrected chi connectivity index (χ4v) is 3.88. The molecule has 0 aromatic heterocycles. The largest absolute Gasteiger partial charge is 0.454 e. The first-order chi connectivity index (χ1) is 12.2. The van der Waals surface area contributed by atoms with Crippen LogP contribution in [0.2, 0.25) is 0 Å². The number of aliphatic hydroxyl groups is 1. The maximum Gasteiger partial charge on any atom is 0.231 e. The summed E-state index contributed by atoms with van der Waals surface area (Å²) in [6.45, 7) is 4.03. The van der Waals surface area contributed by atoms with E-state index < -0.39 is 5.60 Å². The molecule has 4 rings (SSSR count). The van der Waals surface area contributed by atoms with Crippen LogP contribution in [0.15, 0.2) is 42.5 Å². The van der Waals surface area contributed by atoms with Gasteiger partial charge in [-0.1, -0.05) is 50.5 Å². The van der Waals surface area contributed by atoms with Crippen molar-refractivity contribution in [1.29, 1.82) is 0 Å². The lowest BCUT2D eigenvalue weighted by Crippen LogP contribution is -2.34. The van der Waals surface area contributed by atoms with Crippen molar-refractivity contribution in [3.05, 3.63) is 53.6 Å². The average Bonchev–Trinajstić information content (AvgIpc) is 3.22. The van der Waals surface area contributed by atoms with E-state index in [0.717, 1.165) is 35.5 Å². The van der Waals surface area contributed by atoms with Crippen LogP contribution in [0.25, 0.3) is 0 Å². The second-order valence-electron chi connectivity index (χ2n) is 6.93. The van der Waals surface area contributed by atoms with Gasteiger partial charge in [-0.2, -0.15) is 0 Å². The van der Waals surface area contributed by atoms with Crippen LogP contribution in [0, 0.1) is 0 Å². The van der Waals surface area contributed by atoms with Gasteiger partial charge in [0, 0.05) is 17.8 Å². The molecular weight excluding hydrogens is 314 g/mol. The van der Waals surface area contributed by atoms with Crippen LogP contribution < -0.4 is 14.4 Å². The zero-order valence-electron chi connectivity index (χ0n) is 14.7. The molecule has 1 N–H and O–H groups in total. The minimum Gasteiger partial charge on any atom is -0.454 e. The molecule has 132 valence electrons. The molecule has 0 spiro atoms. The van der Waals surface area contributed by atoms with Gasteiger partial charge in [0.15, 0.2) is 11.5 Å². The molecule has 0 aliphatic carbocycles. The van der Waals surface area contributed by atoms with Crippen molar-refractivity contribution in [2.45, 2.75) is 38.2 Å². The molecule has 4 heteroatoms. The van der Waals surface area contributed by atoms with Crippen LogP contribution in [0.5, 0.6) is 11.5 Å².